The number of hydrogen-bond acceptors (Lipinski definition) is 4. The van der Waals surface area contributed by atoms with Crippen molar-refractivity contribution in [2.75, 3.05) is 5.43 Å². The van der Waals surface area contributed by atoms with Crippen LogP contribution in [0.2, 0.25) is 0 Å². The highest BCUT2D eigenvalue weighted by Crippen LogP contribution is 2.15. The van der Waals surface area contributed by atoms with Crippen molar-refractivity contribution in [3.05, 3.63) is 24.3 Å². The van der Waals surface area contributed by atoms with E-state index in [1.54, 1.807) is 0 Å². The third-order valence-corrected chi connectivity index (χ3v) is 3.03. The number of fused-ring (bicyclic) bond motifs is 1. The topological polar surface area (TPSA) is 70.1 Å². The van der Waals surface area contributed by atoms with E-state index in [1.807, 2.05) is 24.3 Å². The monoisotopic (exact) mass is 242 g/mol. The molecule has 0 aliphatic heterocycles. The van der Waals surface area contributed by atoms with Crippen LogP contribution in [0.25, 0.3) is 11.0 Å². The third-order valence-electron chi connectivity index (χ3n) is 3.03. The number of aromatic amines is 1. The van der Waals surface area contributed by atoms with Crippen LogP contribution in [0, 0.1) is 0 Å². The van der Waals surface area contributed by atoms with Crippen molar-refractivity contribution in [3.8, 4) is 0 Å². The van der Waals surface area contributed by atoms with Gasteiger partial charge in [0.25, 0.3) is 0 Å². The maximum Gasteiger partial charge on any atom is 0.222 e. The Bertz CT molecular complexity index is 581. The van der Waals surface area contributed by atoms with Crippen LogP contribution in [0.3, 0.4) is 0 Å². The molecule has 3 rings (SSSR count). The molecule has 0 unspecified atom stereocenters. The number of imidazole rings is 1. The van der Waals surface area contributed by atoms with Crippen LogP contribution < -0.4 is 5.43 Å². The molecule has 1 aromatic heterocycles. The van der Waals surface area contributed by atoms with E-state index >= 15 is 0 Å². The highest BCUT2D eigenvalue weighted by Gasteiger charge is 2.14. The lowest BCUT2D eigenvalue weighted by Gasteiger charge is -2.10. The number of nitrogens with zero attached hydrogens (tertiary/aromatic N) is 2. The summed E-state index contributed by atoms with van der Waals surface area (Å²) in [7, 11) is 0. The Labute approximate surface area is 104 Å². The van der Waals surface area contributed by atoms with Crippen molar-refractivity contribution < 1.29 is 4.79 Å². The summed E-state index contributed by atoms with van der Waals surface area (Å²) in [5.41, 5.74) is 5.68. The lowest BCUT2D eigenvalue weighted by Crippen LogP contribution is -2.15. The molecule has 1 heterocycles. The summed E-state index contributed by atoms with van der Waals surface area (Å²) in [6.45, 7) is 0. The zero-order valence-electron chi connectivity index (χ0n) is 9.94. The molecule has 2 N–H and O–H groups in total. The van der Waals surface area contributed by atoms with Gasteiger partial charge in [-0.05, 0) is 25.0 Å². The number of hydrazone groups is 1. The molecule has 0 bridgehead atoms. The zero-order valence-corrected chi connectivity index (χ0v) is 9.94. The summed E-state index contributed by atoms with van der Waals surface area (Å²) in [6, 6.07) is 7.80. The minimum absolute atomic E-state index is 0.270. The number of anilines is 1. The van der Waals surface area contributed by atoms with Gasteiger partial charge in [-0.3, -0.25) is 4.79 Å². The number of hydrogen-bond donors (Lipinski definition) is 2. The van der Waals surface area contributed by atoms with E-state index in [-0.39, 0.29) is 5.78 Å². The van der Waals surface area contributed by atoms with Crippen LogP contribution in [0.1, 0.15) is 25.7 Å². The van der Waals surface area contributed by atoms with Crippen molar-refractivity contribution in [1.29, 1.82) is 0 Å². The number of benzene rings is 1. The summed E-state index contributed by atoms with van der Waals surface area (Å²) in [4.78, 5) is 18.8. The minimum atomic E-state index is 0.270. The molecule has 0 radical (unpaired) electrons. The number of carbonyl (C=O) groups is 1. The largest absolute Gasteiger partial charge is 0.323 e. The highest BCUT2D eigenvalue weighted by molar-refractivity contribution is 6.04. The standard InChI is InChI=1S/C13H14N4O/c18-10-5-3-4-9(8-10)16-17-13-14-11-6-1-2-7-12(11)15-13/h1-2,6-7H,3-5,8H2,(H2,14,15,17). The molecule has 1 fully saturated rings. The van der Waals surface area contributed by atoms with Crippen LogP contribution in [0.15, 0.2) is 29.4 Å². The molecular weight excluding hydrogens is 228 g/mol. The minimum Gasteiger partial charge on any atom is -0.323 e. The van der Waals surface area contributed by atoms with Crippen LogP contribution >= 0.6 is 0 Å². The first-order valence-electron chi connectivity index (χ1n) is 6.09. The fourth-order valence-electron chi connectivity index (χ4n) is 2.13. The van der Waals surface area contributed by atoms with Gasteiger partial charge >= 0.3 is 0 Å². The number of carbonyl (C=O) groups excluding carboxylic acids is 1. The molecule has 0 saturated heterocycles. The molecular formula is C13H14N4O. The average molecular weight is 242 g/mol. The molecule has 1 saturated carbocycles. The van der Waals surface area contributed by atoms with Gasteiger partial charge in [0.05, 0.1) is 11.0 Å². The average Bonchev–Trinajstić information content (AvgIpc) is 2.79. The van der Waals surface area contributed by atoms with E-state index in [1.165, 1.54) is 0 Å². The van der Waals surface area contributed by atoms with E-state index in [4.69, 9.17) is 0 Å². The fraction of sp³-hybridized carbons (Fsp3) is 0.308. The smallest absolute Gasteiger partial charge is 0.222 e. The third kappa shape index (κ3) is 2.25. The Morgan fingerprint density at radius 2 is 2.17 bits per heavy atom. The zero-order chi connectivity index (χ0) is 12.4. The summed E-state index contributed by atoms with van der Waals surface area (Å²) in [5, 5.41) is 4.25. The second kappa shape index (κ2) is 4.60. The number of H-pyrrole nitrogens is 1. The normalized spacial score (nSPS) is 18.4. The van der Waals surface area contributed by atoms with Crippen molar-refractivity contribution in [1.82, 2.24) is 9.97 Å². The Hall–Kier alpha value is -2.17. The summed E-state index contributed by atoms with van der Waals surface area (Å²) in [6.07, 6.45) is 2.94. The van der Waals surface area contributed by atoms with Gasteiger partial charge in [0.1, 0.15) is 5.78 Å². The van der Waals surface area contributed by atoms with Gasteiger partial charge < -0.3 is 4.98 Å². The molecule has 0 amide bonds. The van der Waals surface area contributed by atoms with Gasteiger partial charge in [-0.15, -0.1) is 0 Å². The maximum absolute atomic E-state index is 11.3. The molecule has 1 aromatic carbocycles. The molecule has 92 valence electrons. The molecule has 1 aliphatic rings. The van der Waals surface area contributed by atoms with E-state index in [9.17, 15) is 4.79 Å². The number of Topliss-reactive ketones (excluding diaryl/α,β-unsaturated/α-hetero) is 1. The fourth-order valence-corrected chi connectivity index (χ4v) is 2.13. The first-order chi connectivity index (χ1) is 8.81. The molecule has 5 nitrogen and oxygen atoms in total. The number of para-hydroxylation sites is 2. The molecule has 0 spiro atoms. The van der Waals surface area contributed by atoms with Crippen molar-refractivity contribution in [3.63, 3.8) is 0 Å². The van der Waals surface area contributed by atoms with Crippen LogP contribution in [0.4, 0.5) is 5.95 Å². The van der Waals surface area contributed by atoms with Gasteiger partial charge in [0.2, 0.25) is 5.95 Å². The highest BCUT2D eigenvalue weighted by atomic mass is 16.1. The van der Waals surface area contributed by atoms with Gasteiger partial charge in [-0.25, -0.2) is 10.4 Å². The number of nitrogens with one attached hydrogen (secondary N) is 2. The van der Waals surface area contributed by atoms with Gasteiger partial charge in [-0.2, -0.15) is 5.10 Å². The predicted molar refractivity (Wildman–Crippen MR) is 70.6 cm³/mol. The Kier molecular flexibility index (Phi) is 2.80. The first kappa shape index (κ1) is 11.0. The number of rotatable bonds is 2. The van der Waals surface area contributed by atoms with Crippen molar-refractivity contribution >= 4 is 28.5 Å². The lowest BCUT2D eigenvalue weighted by molar-refractivity contribution is -0.118. The number of aromatic nitrogens is 2. The van der Waals surface area contributed by atoms with Gasteiger partial charge in [-0.1, -0.05) is 12.1 Å². The Morgan fingerprint density at radius 1 is 1.28 bits per heavy atom. The molecule has 1 aliphatic carbocycles. The van der Waals surface area contributed by atoms with E-state index in [0.717, 1.165) is 29.6 Å². The van der Waals surface area contributed by atoms with Crippen molar-refractivity contribution in [2.45, 2.75) is 25.7 Å². The second-order valence-corrected chi connectivity index (χ2v) is 4.46. The Balaban J connectivity index is 1.76. The molecule has 2 aromatic rings. The number of ketones is 1. The maximum atomic E-state index is 11.3. The predicted octanol–water partition coefficient (Wildman–Crippen LogP) is 2.47. The summed E-state index contributed by atoms with van der Waals surface area (Å²) < 4.78 is 0. The van der Waals surface area contributed by atoms with Crippen LogP contribution in [-0.2, 0) is 4.79 Å². The summed E-state index contributed by atoms with van der Waals surface area (Å²) >= 11 is 0. The van der Waals surface area contributed by atoms with Crippen molar-refractivity contribution in [2.24, 2.45) is 5.10 Å². The summed E-state index contributed by atoms with van der Waals surface area (Å²) in [5.74, 6) is 0.883. The quantitative estimate of drug-likeness (QED) is 0.795. The van der Waals surface area contributed by atoms with Gasteiger partial charge in [0, 0.05) is 18.6 Å². The molecule has 5 heteroatoms. The SMILES string of the molecule is O=C1CCCC(=NNc2nc3ccccc3[nH]2)C1. The van der Waals surface area contributed by atoms with Crippen LogP contribution in [-0.4, -0.2) is 21.5 Å². The molecule has 0 atom stereocenters. The lowest BCUT2D eigenvalue weighted by atomic mass is 9.97. The first-order valence-corrected chi connectivity index (χ1v) is 6.09. The van der Waals surface area contributed by atoms with Gasteiger partial charge in [0.15, 0.2) is 0 Å². The van der Waals surface area contributed by atoms with E-state index in [0.29, 0.717) is 18.8 Å². The molecule has 18 heavy (non-hydrogen) atoms. The Morgan fingerprint density at radius 3 is 3.00 bits per heavy atom. The van der Waals surface area contributed by atoms with E-state index < -0.39 is 0 Å². The van der Waals surface area contributed by atoms with E-state index in [2.05, 4.69) is 20.5 Å². The second-order valence-electron chi connectivity index (χ2n) is 4.46. The van der Waals surface area contributed by atoms with Crippen LogP contribution in [0.5, 0.6) is 0 Å².